The lowest BCUT2D eigenvalue weighted by Gasteiger charge is -2.13. The van der Waals surface area contributed by atoms with Gasteiger partial charge >= 0.3 is 5.97 Å². The van der Waals surface area contributed by atoms with Crippen LogP contribution >= 0.6 is 0 Å². The molecule has 0 fully saturated rings. The van der Waals surface area contributed by atoms with Gasteiger partial charge < -0.3 is 4.74 Å². The van der Waals surface area contributed by atoms with Crippen molar-refractivity contribution in [1.82, 2.24) is 9.62 Å². The van der Waals surface area contributed by atoms with Crippen LogP contribution in [0.1, 0.15) is 31.8 Å². The number of rotatable bonds is 7. The van der Waals surface area contributed by atoms with E-state index in [4.69, 9.17) is 4.74 Å². The maximum atomic E-state index is 12.2. The molecule has 1 aliphatic heterocycles. The molecule has 0 atom stereocenters. The lowest BCUT2D eigenvalue weighted by atomic mass is 10.1. The van der Waals surface area contributed by atoms with Gasteiger partial charge in [0.2, 0.25) is 10.0 Å². The first-order chi connectivity index (χ1) is 13.8. The predicted octanol–water partition coefficient (Wildman–Crippen LogP) is 1.68. The van der Waals surface area contributed by atoms with Crippen LogP contribution < -0.4 is 4.72 Å². The van der Waals surface area contributed by atoms with Crippen LogP contribution in [0.3, 0.4) is 0 Å². The van der Waals surface area contributed by atoms with E-state index in [0.717, 1.165) is 15.9 Å². The third-order valence-corrected chi connectivity index (χ3v) is 5.21. The third-order valence-electron chi connectivity index (χ3n) is 4.17. The Morgan fingerprint density at radius 1 is 1.03 bits per heavy atom. The Kier molecular flexibility index (Phi) is 5.90. The van der Waals surface area contributed by atoms with E-state index >= 15 is 0 Å². The number of nitrogens with zero attached hydrogens (tertiary/aromatic N) is 1. The van der Waals surface area contributed by atoms with Gasteiger partial charge in [-0.2, -0.15) is 0 Å². The highest BCUT2D eigenvalue weighted by atomic mass is 32.2. The van der Waals surface area contributed by atoms with Gasteiger partial charge in [-0.25, -0.2) is 18.0 Å². The molecule has 0 radical (unpaired) electrons. The van der Waals surface area contributed by atoms with E-state index in [-0.39, 0.29) is 11.1 Å². The molecule has 0 unspecified atom stereocenters. The van der Waals surface area contributed by atoms with Crippen molar-refractivity contribution in [1.29, 1.82) is 0 Å². The molecule has 0 aromatic heterocycles. The molecule has 0 saturated heterocycles. The van der Waals surface area contributed by atoms with E-state index in [2.05, 4.69) is 4.72 Å². The first-order valence-corrected chi connectivity index (χ1v) is 10.2. The Labute approximate surface area is 167 Å². The molecule has 0 spiro atoms. The van der Waals surface area contributed by atoms with E-state index in [9.17, 15) is 22.8 Å². The van der Waals surface area contributed by atoms with Gasteiger partial charge in [0.15, 0.2) is 6.73 Å². The van der Waals surface area contributed by atoms with Crippen LogP contribution in [0.5, 0.6) is 0 Å². The molecule has 0 saturated carbocycles. The first kappa shape index (κ1) is 20.4. The van der Waals surface area contributed by atoms with Crippen molar-refractivity contribution in [2.75, 3.05) is 13.3 Å². The van der Waals surface area contributed by atoms with E-state index in [1.54, 1.807) is 24.3 Å². The average molecular weight is 414 g/mol. The lowest BCUT2D eigenvalue weighted by Crippen LogP contribution is -2.36. The van der Waals surface area contributed by atoms with Gasteiger partial charge in [-0.05, 0) is 30.7 Å². The van der Waals surface area contributed by atoms with Crippen molar-refractivity contribution in [2.24, 2.45) is 0 Å². The van der Waals surface area contributed by atoms with Crippen LogP contribution in [0.2, 0.25) is 0 Å². The fraction of sp³-hybridized carbons (Fsp3) is 0.150. The van der Waals surface area contributed by atoms with Gasteiger partial charge in [0.25, 0.3) is 11.8 Å². The van der Waals surface area contributed by atoms with Gasteiger partial charge in [-0.1, -0.05) is 42.0 Å². The highest BCUT2D eigenvalue weighted by Gasteiger charge is 2.35. The maximum Gasteiger partial charge on any atom is 0.322 e. The molecule has 2 amide bonds. The molecule has 0 bridgehead atoms. The number of fused-ring (bicyclic) bond motifs is 1. The molecule has 8 nitrogen and oxygen atoms in total. The Bertz CT molecular complexity index is 1060. The Hall–Kier alpha value is -3.30. The summed E-state index contributed by atoms with van der Waals surface area (Å²) in [4.78, 5) is 36.9. The van der Waals surface area contributed by atoms with Crippen molar-refractivity contribution in [2.45, 2.75) is 6.92 Å². The summed E-state index contributed by atoms with van der Waals surface area (Å²) in [5, 5.41) is 0.940. The molecule has 2 aromatic carbocycles. The van der Waals surface area contributed by atoms with Crippen LogP contribution in [0.4, 0.5) is 0 Å². The second kappa shape index (κ2) is 8.38. The number of carbonyl (C=O) groups is 3. The van der Waals surface area contributed by atoms with Gasteiger partial charge in [-0.15, -0.1) is 0 Å². The molecule has 9 heteroatoms. The normalized spacial score (nSPS) is 13.8. The maximum absolute atomic E-state index is 12.2. The highest BCUT2D eigenvalue weighted by Crippen LogP contribution is 2.22. The van der Waals surface area contributed by atoms with Crippen molar-refractivity contribution >= 4 is 33.9 Å². The molecule has 29 heavy (non-hydrogen) atoms. The number of imide groups is 1. The number of ether oxygens (including phenoxy) is 1. The number of hydrogen-bond acceptors (Lipinski definition) is 6. The SMILES string of the molecule is Cc1ccc(C=CS(=O)(=O)NCC(=O)OCN2C(=O)c3ccccc3C2=O)cc1. The summed E-state index contributed by atoms with van der Waals surface area (Å²) in [6.45, 7) is 0.690. The molecule has 0 aliphatic carbocycles. The molecule has 2 aromatic rings. The summed E-state index contributed by atoms with van der Waals surface area (Å²) in [5.41, 5.74) is 2.20. The summed E-state index contributed by atoms with van der Waals surface area (Å²) in [7, 11) is -3.87. The molecule has 1 aliphatic rings. The van der Waals surface area contributed by atoms with Gasteiger partial charge in [-0.3, -0.25) is 14.4 Å². The highest BCUT2D eigenvalue weighted by molar-refractivity contribution is 7.92. The van der Waals surface area contributed by atoms with Crippen molar-refractivity contribution < 1.29 is 27.5 Å². The molecule has 150 valence electrons. The molecule has 1 heterocycles. The Morgan fingerprint density at radius 2 is 1.62 bits per heavy atom. The van der Waals surface area contributed by atoms with Gasteiger partial charge in [0, 0.05) is 5.41 Å². The quantitative estimate of drug-likeness (QED) is 0.545. The zero-order valence-corrected chi connectivity index (χ0v) is 16.3. The second-order valence-corrected chi connectivity index (χ2v) is 7.96. The van der Waals surface area contributed by atoms with E-state index in [0.29, 0.717) is 5.56 Å². The lowest BCUT2D eigenvalue weighted by molar-refractivity contribution is -0.144. The summed E-state index contributed by atoms with van der Waals surface area (Å²) >= 11 is 0. The van der Waals surface area contributed by atoms with Crippen LogP contribution in [-0.2, 0) is 19.6 Å². The summed E-state index contributed by atoms with van der Waals surface area (Å²) < 4.78 is 30.9. The molecular weight excluding hydrogens is 396 g/mol. The Balaban J connectivity index is 1.50. The fourth-order valence-electron chi connectivity index (χ4n) is 2.60. The minimum Gasteiger partial charge on any atom is -0.443 e. The number of nitrogens with one attached hydrogen (secondary N) is 1. The van der Waals surface area contributed by atoms with E-state index in [1.165, 1.54) is 18.2 Å². The van der Waals surface area contributed by atoms with Crippen LogP contribution in [-0.4, -0.2) is 44.4 Å². The number of amides is 2. The third kappa shape index (κ3) is 4.95. The van der Waals surface area contributed by atoms with E-state index < -0.39 is 41.1 Å². The molecule has 1 N–H and O–H groups in total. The Morgan fingerprint density at radius 3 is 2.21 bits per heavy atom. The average Bonchev–Trinajstić information content (AvgIpc) is 2.95. The van der Waals surface area contributed by atoms with Crippen molar-refractivity contribution in [3.8, 4) is 0 Å². The monoisotopic (exact) mass is 414 g/mol. The standard InChI is InChI=1S/C20H18N2O6S/c1-14-6-8-15(9-7-14)10-11-29(26,27)21-12-18(23)28-13-22-19(24)16-4-2-3-5-17(16)20(22)25/h2-11,21H,12-13H2,1H3. The zero-order chi connectivity index (χ0) is 21.0. The number of sulfonamides is 1. The molecule has 3 rings (SSSR count). The zero-order valence-electron chi connectivity index (χ0n) is 15.5. The van der Waals surface area contributed by atoms with Gasteiger partial charge in [0.1, 0.15) is 6.54 Å². The predicted molar refractivity (Wildman–Crippen MR) is 105 cm³/mol. The topological polar surface area (TPSA) is 110 Å². The van der Waals surface area contributed by atoms with Gasteiger partial charge in [0.05, 0.1) is 11.1 Å². The van der Waals surface area contributed by atoms with Crippen LogP contribution in [0.15, 0.2) is 53.9 Å². The summed E-state index contributed by atoms with van der Waals surface area (Å²) in [6.07, 6.45) is 1.39. The number of hydrogen-bond donors (Lipinski definition) is 1. The van der Waals surface area contributed by atoms with Crippen LogP contribution in [0, 0.1) is 6.92 Å². The fourth-order valence-corrected chi connectivity index (χ4v) is 3.35. The smallest absolute Gasteiger partial charge is 0.322 e. The van der Waals surface area contributed by atoms with Crippen molar-refractivity contribution in [3.05, 3.63) is 76.2 Å². The number of aryl methyl sites for hydroxylation is 1. The minimum atomic E-state index is -3.87. The van der Waals surface area contributed by atoms with E-state index in [1.807, 2.05) is 19.1 Å². The minimum absolute atomic E-state index is 0.232. The summed E-state index contributed by atoms with van der Waals surface area (Å²) in [6, 6.07) is 13.5. The second-order valence-electron chi connectivity index (χ2n) is 6.31. The molecular formula is C20H18N2O6S. The number of benzene rings is 2. The number of carbonyl (C=O) groups excluding carboxylic acids is 3. The first-order valence-electron chi connectivity index (χ1n) is 8.62. The number of esters is 1. The largest absolute Gasteiger partial charge is 0.443 e. The summed E-state index contributed by atoms with van der Waals surface area (Å²) in [5.74, 6) is -2.06. The van der Waals surface area contributed by atoms with Crippen molar-refractivity contribution in [3.63, 3.8) is 0 Å². The van der Waals surface area contributed by atoms with Crippen LogP contribution in [0.25, 0.3) is 6.08 Å².